The van der Waals surface area contributed by atoms with Crippen molar-refractivity contribution in [3.63, 3.8) is 0 Å². The van der Waals surface area contributed by atoms with E-state index in [1.165, 1.54) is 12.1 Å². The standard InChI is InChI=1S/C13H13BrFIN2O2/c1-20-5-4-18-12(10(14)7-17-18)13(19)9-3-2-8(15)6-11(9)16/h2-3,6-7,13,19H,4-5H2,1H3. The first kappa shape index (κ1) is 15.9. The van der Waals surface area contributed by atoms with Crippen LogP contribution < -0.4 is 0 Å². The van der Waals surface area contributed by atoms with Gasteiger partial charge in [-0.15, -0.1) is 0 Å². The molecule has 1 aromatic heterocycles. The molecule has 0 aliphatic rings. The third kappa shape index (κ3) is 3.38. The molecule has 0 aliphatic carbocycles. The van der Waals surface area contributed by atoms with Crippen LogP contribution in [0.25, 0.3) is 0 Å². The number of hydrogen-bond donors (Lipinski definition) is 1. The minimum Gasteiger partial charge on any atom is -0.383 e. The molecule has 108 valence electrons. The Morgan fingerprint density at radius 2 is 2.30 bits per heavy atom. The van der Waals surface area contributed by atoms with E-state index in [4.69, 9.17) is 4.74 Å². The molecule has 2 rings (SSSR count). The van der Waals surface area contributed by atoms with Gasteiger partial charge in [-0.3, -0.25) is 4.68 Å². The van der Waals surface area contributed by atoms with Crippen molar-refractivity contribution >= 4 is 38.5 Å². The second-order valence-corrected chi connectivity index (χ2v) is 6.18. The van der Waals surface area contributed by atoms with Crippen LogP contribution in [0.15, 0.2) is 28.9 Å². The van der Waals surface area contributed by atoms with Gasteiger partial charge in [-0.25, -0.2) is 4.39 Å². The number of halogens is 3. The number of nitrogens with zero attached hydrogens (tertiary/aromatic N) is 2. The predicted octanol–water partition coefficient (Wildman–Crippen LogP) is 3.12. The minimum atomic E-state index is -0.878. The van der Waals surface area contributed by atoms with E-state index in [2.05, 4.69) is 21.0 Å². The normalized spacial score (nSPS) is 12.7. The van der Waals surface area contributed by atoms with Crippen molar-refractivity contribution in [2.45, 2.75) is 12.6 Å². The molecule has 0 fully saturated rings. The van der Waals surface area contributed by atoms with Crippen LogP contribution in [0.1, 0.15) is 17.4 Å². The third-order valence-corrected chi connectivity index (χ3v) is 4.40. The summed E-state index contributed by atoms with van der Waals surface area (Å²) in [5.74, 6) is -0.322. The van der Waals surface area contributed by atoms with E-state index in [-0.39, 0.29) is 5.82 Å². The second-order valence-electron chi connectivity index (χ2n) is 4.16. The number of ether oxygens (including phenoxy) is 1. The van der Waals surface area contributed by atoms with Gasteiger partial charge >= 0.3 is 0 Å². The van der Waals surface area contributed by atoms with Gasteiger partial charge in [0.1, 0.15) is 11.9 Å². The average Bonchev–Trinajstić information content (AvgIpc) is 2.77. The zero-order valence-electron chi connectivity index (χ0n) is 10.7. The molecule has 0 spiro atoms. The summed E-state index contributed by atoms with van der Waals surface area (Å²) in [6.45, 7) is 1.03. The van der Waals surface area contributed by atoms with Gasteiger partial charge in [0.05, 0.1) is 29.5 Å². The van der Waals surface area contributed by atoms with Crippen LogP contribution >= 0.6 is 38.5 Å². The molecule has 1 aromatic carbocycles. The highest BCUT2D eigenvalue weighted by atomic mass is 127. The molecule has 0 amide bonds. The first-order chi connectivity index (χ1) is 9.54. The molecule has 1 atom stereocenters. The Morgan fingerprint density at radius 3 is 2.95 bits per heavy atom. The van der Waals surface area contributed by atoms with Crippen LogP contribution in [0.3, 0.4) is 0 Å². The molecule has 20 heavy (non-hydrogen) atoms. The minimum absolute atomic E-state index is 0.322. The highest BCUT2D eigenvalue weighted by Crippen LogP contribution is 2.31. The Hall–Kier alpha value is -0.510. The smallest absolute Gasteiger partial charge is 0.124 e. The van der Waals surface area contributed by atoms with Crippen LogP contribution in [0, 0.1) is 9.39 Å². The fourth-order valence-corrected chi connectivity index (χ4v) is 3.16. The average molecular weight is 455 g/mol. The van der Waals surface area contributed by atoms with Crippen LogP contribution in [-0.2, 0) is 11.3 Å². The lowest BCUT2D eigenvalue weighted by atomic mass is 10.1. The second kappa shape index (κ2) is 6.97. The van der Waals surface area contributed by atoms with Crippen LogP contribution in [0.2, 0.25) is 0 Å². The lowest BCUT2D eigenvalue weighted by Gasteiger charge is -2.16. The summed E-state index contributed by atoms with van der Waals surface area (Å²) in [4.78, 5) is 0. The van der Waals surface area contributed by atoms with Gasteiger partial charge in [0.15, 0.2) is 0 Å². The van der Waals surface area contributed by atoms with E-state index in [1.807, 2.05) is 22.6 Å². The molecule has 4 nitrogen and oxygen atoms in total. The largest absolute Gasteiger partial charge is 0.383 e. The molecule has 0 radical (unpaired) electrons. The number of aliphatic hydroxyl groups is 1. The maximum Gasteiger partial charge on any atom is 0.124 e. The maximum atomic E-state index is 13.1. The molecular formula is C13H13BrFIN2O2. The molecule has 0 aliphatic heterocycles. The van der Waals surface area contributed by atoms with Gasteiger partial charge in [0.2, 0.25) is 0 Å². The Morgan fingerprint density at radius 1 is 1.55 bits per heavy atom. The van der Waals surface area contributed by atoms with E-state index < -0.39 is 6.10 Å². The van der Waals surface area contributed by atoms with Gasteiger partial charge in [-0.05, 0) is 50.7 Å². The molecule has 0 saturated carbocycles. The molecule has 0 saturated heterocycles. The summed E-state index contributed by atoms with van der Waals surface area (Å²) in [6, 6.07) is 4.31. The molecule has 1 N–H and O–H groups in total. The molecule has 0 bridgehead atoms. The summed E-state index contributed by atoms with van der Waals surface area (Å²) in [7, 11) is 1.61. The predicted molar refractivity (Wildman–Crippen MR) is 85.0 cm³/mol. The maximum absolute atomic E-state index is 13.1. The summed E-state index contributed by atoms with van der Waals surface area (Å²) >= 11 is 5.39. The van der Waals surface area contributed by atoms with Crippen molar-refractivity contribution in [2.24, 2.45) is 0 Å². The Balaban J connectivity index is 2.37. The van der Waals surface area contributed by atoms with Crippen LogP contribution in [-0.4, -0.2) is 28.6 Å². The molecule has 1 unspecified atom stereocenters. The van der Waals surface area contributed by atoms with Crippen molar-refractivity contribution in [1.29, 1.82) is 0 Å². The van der Waals surface area contributed by atoms with Gasteiger partial charge in [0, 0.05) is 16.2 Å². The van der Waals surface area contributed by atoms with Crippen LogP contribution in [0.5, 0.6) is 0 Å². The van der Waals surface area contributed by atoms with Crippen molar-refractivity contribution in [2.75, 3.05) is 13.7 Å². The zero-order chi connectivity index (χ0) is 14.7. The lowest BCUT2D eigenvalue weighted by Crippen LogP contribution is -2.14. The van der Waals surface area contributed by atoms with Gasteiger partial charge < -0.3 is 9.84 Å². The molecular weight excluding hydrogens is 442 g/mol. The fraction of sp³-hybridized carbons (Fsp3) is 0.308. The third-order valence-electron chi connectivity index (χ3n) is 2.86. The Bertz CT molecular complexity index is 606. The van der Waals surface area contributed by atoms with Crippen LogP contribution in [0.4, 0.5) is 4.39 Å². The summed E-state index contributed by atoms with van der Waals surface area (Å²) < 4.78 is 21.2. The van der Waals surface area contributed by atoms with E-state index in [9.17, 15) is 9.50 Å². The fourth-order valence-electron chi connectivity index (χ4n) is 1.87. The van der Waals surface area contributed by atoms with Crippen molar-refractivity contribution in [3.8, 4) is 0 Å². The lowest BCUT2D eigenvalue weighted by molar-refractivity contribution is 0.170. The van der Waals surface area contributed by atoms with Crippen molar-refractivity contribution in [3.05, 3.63) is 49.5 Å². The number of aliphatic hydroxyl groups excluding tert-OH is 1. The molecule has 2 aromatic rings. The number of methoxy groups -OCH3 is 1. The number of aromatic nitrogens is 2. The van der Waals surface area contributed by atoms with Crippen molar-refractivity contribution < 1.29 is 14.2 Å². The summed E-state index contributed by atoms with van der Waals surface area (Å²) in [6.07, 6.45) is 0.751. The van der Waals surface area contributed by atoms with E-state index in [1.54, 1.807) is 24.1 Å². The summed E-state index contributed by atoms with van der Waals surface area (Å²) in [5.41, 5.74) is 1.28. The first-order valence-electron chi connectivity index (χ1n) is 5.87. The SMILES string of the molecule is COCCn1ncc(Br)c1C(O)c1ccc(F)cc1I. The Kier molecular flexibility index (Phi) is 5.53. The number of rotatable bonds is 5. The van der Waals surface area contributed by atoms with Crippen molar-refractivity contribution in [1.82, 2.24) is 9.78 Å². The number of hydrogen-bond acceptors (Lipinski definition) is 3. The van der Waals surface area contributed by atoms with Gasteiger partial charge in [-0.1, -0.05) is 6.07 Å². The zero-order valence-corrected chi connectivity index (χ0v) is 14.4. The quantitative estimate of drug-likeness (QED) is 0.706. The first-order valence-corrected chi connectivity index (χ1v) is 7.75. The monoisotopic (exact) mass is 454 g/mol. The van der Waals surface area contributed by atoms with Gasteiger partial charge in [-0.2, -0.15) is 5.10 Å². The van der Waals surface area contributed by atoms with E-state index in [0.29, 0.717) is 32.5 Å². The van der Waals surface area contributed by atoms with E-state index >= 15 is 0 Å². The molecule has 1 heterocycles. The molecule has 7 heteroatoms. The van der Waals surface area contributed by atoms with E-state index in [0.717, 1.165) is 0 Å². The summed E-state index contributed by atoms with van der Waals surface area (Å²) in [5, 5.41) is 14.8. The highest BCUT2D eigenvalue weighted by Gasteiger charge is 2.21. The topological polar surface area (TPSA) is 47.3 Å². The van der Waals surface area contributed by atoms with Gasteiger partial charge in [0.25, 0.3) is 0 Å². The Labute approximate surface area is 138 Å². The number of benzene rings is 1. The highest BCUT2D eigenvalue weighted by molar-refractivity contribution is 14.1.